The molecule has 1 rings (SSSR count). The smallest absolute Gasteiger partial charge is 0.134 e. The van der Waals surface area contributed by atoms with Crippen LogP contribution in [0.2, 0.25) is 0 Å². The third-order valence-corrected chi connectivity index (χ3v) is 4.14. The Labute approximate surface area is 139 Å². The van der Waals surface area contributed by atoms with Gasteiger partial charge in [-0.3, -0.25) is 0 Å². The largest absolute Gasteiger partial charge is 0.411 e. The van der Waals surface area contributed by atoms with Crippen LogP contribution in [0, 0.1) is 0 Å². The maximum absolute atomic E-state index is 9.02. The second-order valence-electron chi connectivity index (χ2n) is 6.06. The van der Waals surface area contributed by atoms with E-state index in [0.29, 0.717) is 11.4 Å². The Bertz CT molecular complexity index is 493. The Kier molecular flexibility index (Phi) is 9.76. The Morgan fingerprint density at radius 2 is 1.39 bits per heavy atom. The number of nitrogens with zero attached hydrogens (tertiary/aromatic N) is 2. The first-order valence-corrected chi connectivity index (χ1v) is 8.73. The van der Waals surface area contributed by atoms with E-state index in [2.05, 4.69) is 17.2 Å². The lowest BCUT2D eigenvalue weighted by molar-refractivity contribution is 0.314. The first-order valence-electron chi connectivity index (χ1n) is 8.73. The van der Waals surface area contributed by atoms with Crippen LogP contribution in [0.4, 0.5) is 0 Å². The summed E-state index contributed by atoms with van der Waals surface area (Å²) in [5, 5.41) is 24.1. The van der Waals surface area contributed by atoms with Gasteiger partial charge in [-0.05, 0) is 25.3 Å². The van der Waals surface area contributed by atoms with Gasteiger partial charge in [0.25, 0.3) is 0 Å². The molecule has 0 bridgehead atoms. The highest BCUT2D eigenvalue weighted by atomic mass is 16.4. The van der Waals surface area contributed by atoms with Crippen molar-refractivity contribution < 1.29 is 10.4 Å². The van der Waals surface area contributed by atoms with Gasteiger partial charge < -0.3 is 10.4 Å². The summed E-state index contributed by atoms with van der Waals surface area (Å²) in [6.07, 6.45) is 11.7. The zero-order valence-electron chi connectivity index (χ0n) is 14.5. The highest BCUT2D eigenvalue weighted by Gasteiger charge is 2.08. The van der Waals surface area contributed by atoms with Crippen molar-refractivity contribution in [1.82, 2.24) is 0 Å². The van der Waals surface area contributed by atoms with Crippen LogP contribution >= 0.6 is 0 Å². The molecule has 0 saturated carbocycles. The van der Waals surface area contributed by atoms with Gasteiger partial charge >= 0.3 is 0 Å². The predicted molar refractivity (Wildman–Crippen MR) is 96.0 cm³/mol. The van der Waals surface area contributed by atoms with Crippen molar-refractivity contribution in [3.63, 3.8) is 0 Å². The third-order valence-electron chi connectivity index (χ3n) is 4.14. The minimum absolute atomic E-state index is 0.295. The molecule has 128 valence electrons. The average molecular weight is 318 g/mol. The van der Waals surface area contributed by atoms with Crippen molar-refractivity contribution in [3.8, 4) is 0 Å². The quantitative estimate of drug-likeness (QED) is 0.248. The number of hydrogen-bond donors (Lipinski definition) is 2. The van der Waals surface area contributed by atoms with Crippen LogP contribution in [0.15, 0.2) is 34.6 Å². The zero-order valence-corrected chi connectivity index (χ0v) is 14.5. The lowest BCUT2D eigenvalue weighted by atomic mass is 10.0. The van der Waals surface area contributed by atoms with E-state index in [-0.39, 0.29) is 0 Å². The molecule has 4 heteroatoms. The van der Waals surface area contributed by atoms with Crippen molar-refractivity contribution in [3.05, 3.63) is 35.4 Å². The van der Waals surface area contributed by atoms with Crippen LogP contribution < -0.4 is 0 Å². The highest BCUT2D eigenvalue weighted by molar-refractivity contribution is 6.47. The minimum Gasteiger partial charge on any atom is -0.411 e. The Morgan fingerprint density at radius 3 is 1.91 bits per heavy atom. The molecule has 1 aromatic carbocycles. The molecule has 0 radical (unpaired) electrons. The molecule has 0 amide bonds. The minimum atomic E-state index is 0.295. The molecule has 0 aromatic heterocycles. The second-order valence-corrected chi connectivity index (χ2v) is 6.06. The summed E-state index contributed by atoms with van der Waals surface area (Å²) in [5.41, 5.74) is 2.63. The van der Waals surface area contributed by atoms with Crippen LogP contribution in [-0.4, -0.2) is 21.8 Å². The fourth-order valence-corrected chi connectivity index (χ4v) is 2.68. The molecule has 0 aliphatic heterocycles. The van der Waals surface area contributed by atoms with Crippen molar-refractivity contribution in [2.24, 2.45) is 10.3 Å². The lowest BCUT2D eigenvalue weighted by Gasteiger charge is -2.06. The van der Waals surface area contributed by atoms with Gasteiger partial charge in [-0.15, -0.1) is 0 Å². The number of rotatable bonds is 11. The monoisotopic (exact) mass is 318 g/mol. The van der Waals surface area contributed by atoms with Crippen molar-refractivity contribution in [1.29, 1.82) is 0 Å². The van der Waals surface area contributed by atoms with Crippen LogP contribution in [0.1, 0.15) is 76.3 Å². The molecule has 0 fully saturated rings. The van der Waals surface area contributed by atoms with Crippen molar-refractivity contribution in [2.45, 2.75) is 71.6 Å². The summed E-state index contributed by atoms with van der Waals surface area (Å²) in [4.78, 5) is 0. The first-order chi connectivity index (χ1) is 11.2. The average Bonchev–Trinajstić information content (AvgIpc) is 2.59. The number of hydrogen-bond acceptors (Lipinski definition) is 4. The van der Waals surface area contributed by atoms with E-state index in [1.165, 1.54) is 56.9 Å². The van der Waals surface area contributed by atoms with E-state index in [4.69, 9.17) is 10.4 Å². The van der Waals surface area contributed by atoms with Gasteiger partial charge in [-0.25, -0.2) is 0 Å². The van der Waals surface area contributed by atoms with Gasteiger partial charge in [0, 0.05) is 5.56 Å². The normalized spacial score (nSPS) is 12.6. The third kappa shape index (κ3) is 7.31. The Hall–Kier alpha value is -1.84. The first kappa shape index (κ1) is 19.2. The van der Waals surface area contributed by atoms with E-state index in [1.54, 1.807) is 6.92 Å². The summed E-state index contributed by atoms with van der Waals surface area (Å²) >= 11 is 0. The van der Waals surface area contributed by atoms with Crippen LogP contribution in [0.3, 0.4) is 0 Å². The van der Waals surface area contributed by atoms with E-state index >= 15 is 0 Å². The number of unbranched alkanes of at least 4 members (excludes halogenated alkanes) is 7. The molecular weight excluding hydrogens is 288 g/mol. The fourth-order valence-electron chi connectivity index (χ4n) is 2.68. The van der Waals surface area contributed by atoms with Crippen molar-refractivity contribution in [2.75, 3.05) is 0 Å². The Morgan fingerprint density at radius 1 is 0.826 bits per heavy atom. The maximum atomic E-state index is 9.02. The lowest BCUT2D eigenvalue weighted by Crippen LogP contribution is -2.12. The molecule has 0 aliphatic carbocycles. The molecule has 0 aliphatic rings. The SMILES string of the molecule is CCCCCCCCCCc1ccc(C(=N/O)/C(C)=N/O)cc1. The zero-order chi connectivity index (χ0) is 16.9. The van der Waals surface area contributed by atoms with Gasteiger partial charge in [-0.1, -0.05) is 86.4 Å². The maximum Gasteiger partial charge on any atom is 0.134 e. The van der Waals surface area contributed by atoms with Gasteiger partial charge in [-0.2, -0.15) is 0 Å². The highest BCUT2D eigenvalue weighted by Crippen LogP contribution is 2.13. The van der Waals surface area contributed by atoms with Gasteiger partial charge in [0.2, 0.25) is 0 Å². The standard InChI is InChI=1S/C19H30N2O2/c1-3-4-5-6-7-8-9-10-11-17-12-14-18(15-13-17)19(21-23)16(2)20-22/h12-15,22-23H,3-11H2,1-2H3/b20-16+,21-19+. The van der Waals surface area contributed by atoms with Gasteiger partial charge in [0.05, 0.1) is 0 Å². The van der Waals surface area contributed by atoms with Crippen LogP contribution in [0.25, 0.3) is 0 Å². The molecule has 0 unspecified atom stereocenters. The number of benzene rings is 1. The van der Waals surface area contributed by atoms with E-state index < -0.39 is 0 Å². The fraction of sp³-hybridized carbons (Fsp3) is 0.579. The van der Waals surface area contributed by atoms with Gasteiger partial charge in [0.15, 0.2) is 0 Å². The van der Waals surface area contributed by atoms with Crippen LogP contribution in [-0.2, 0) is 6.42 Å². The van der Waals surface area contributed by atoms with E-state index in [9.17, 15) is 0 Å². The summed E-state index contributed by atoms with van der Waals surface area (Å²) < 4.78 is 0. The topological polar surface area (TPSA) is 65.2 Å². The molecule has 0 saturated heterocycles. The summed E-state index contributed by atoms with van der Waals surface area (Å²) in [5.74, 6) is 0. The molecule has 0 atom stereocenters. The van der Waals surface area contributed by atoms with Crippen molar-refractivity contribution >= 4 is 11.4 Å². The molecule has 4 nitrogen and oxygen atoms in total. The molecule has 0 spiro atoms. The number of aryl methyl sites for hydroxylation is 1. The summed E-state index contributed by atoms with van der Waals surface area (Å²) in [6, 6.07) is 7.91. The second kappa shape index (κ2) is 11.7. The molecular formula is C19H30N2O2. The summed E-state index contributed by atoms with van der Waals surface area (Å²) in [7, 11) is 0. The van der Waals surface area contributed by atoms with Crippen LogP contribution in [0.5, 0.6) is 0 Å². The molecule has 1 aromatic rings. The van der Waals surface area contributed by atoms with Gasteiger partial charge in [0.1, 0.15) is 11.4 Å². The predicted octanol–water partition coefficient (Wildman–Crippen LogP) is 5.40. The van der Waals surface area contributed by atoms with E-state index in [0.717, 1.165) is 12.0 Å². The van der Waals surface area contributed by atoms with E-state index in [1.807, 2.05) is 24.3 Å². The molecule has 2 N–H and O–H groups in total. The number of oxime groups is 2. The summed E-state index contributed by atoms with van der Waals surface area (Å²) in [6.45, 7) is 3.85. The Balaban J connectivity index is 2.32. The molecule has 23 heavy (non-hydrogen) atoms. The molecule has 0 heterocycles.